The van der Waals surface area contributed by atoms with Gasteiger partial charge in [-0.2, -0.15) is 9.42 Å². The minimum atomic E-state index is -4.88. The number of benzene rings is 3. The van der Waals surface area contributed by atoms with Crippen LogP contribution in [0.15, 0.2) is 85.7 Å². The van der Waals surface area contributed by atoms with E-state index >= 15 is 21.2 Å². The molecule has 1 amide bonds. The zero-order valence-corrected chi connectivity index (χ0v) is 42.1. The van der Waals surface area contributed by atoms with Gasteiger partial charge in [-0.15, -0.1) is 5.11 Å². The van der Waals surface area contributed by atoms with Crippen molar-refractivity contribution < 1.29 is 44.7 Å². The number of anilines is 1. The molecule has 2 aliphatic heterocycles. The molecule has 20 heteroatoms. The van der Waals surface area contributed by atoms with Crippen molar-refractivity contribution >= 4 is 46.0 Å². The van der Waals surface area contributed by atoms with E-state index in [1.807, 2.05) is 40.8 Å². The third kappa shape index (κ3) is 13.1. The molecule has 0 bridgehead atoms. The number of hydrogen-bond acceptors (Lipinski definition) is 13. The van der Waals surface area contributed by atoms with Gasteiger partial charge in [-0.25, -0.2) is 35.7 Å². The number of carbonyl (C=O) groups is 1. The first-order chi connectivity index (χ1) is 30.4. The van der Waals surface area contributed by atoms with Crippen LogP contribution >= 0.6 is 0 Å². The van der Waals surface area contributed by atoms with Crippen molar-refractivity contribution in [3.63, 3.8) is 0 Å². The van der Waals surface area contributed by atoms with Crippen molar-refractivity contribution in [2.45, 2.75) is 120 Å². The standard InChI is InChI=1S/C45H66FN7O9S2Si/c1-12-33-23-24-52(29-37(33)46)38-21-22-39(63(55,56)50-26-36(62-65(10,11)45(5,6)7)25-47-43(54)61-44(2,3)4)41(40(38)42-48-30-49-51-42)64(57,58)53(27-31-13-17-34(59-8)18-14-31)28-32-15-19-35(60-9)20-16-32/h13-22,33,36-37,50H,12,23-30H2,1-11H3,(H,47,54)/t33-,36+,37-/m0/s1. The molecule has 3 atom stereocenters. The number of nitrogens with zero attached hydrogens (tertiary/aromatic N) is 5. The number of azo groups is 1. The normalized spacial score (nSPS) is 17.8. The van der Waals surface area contributed by atoms with Gasteiger partial charge >= 0.3 is 6.09 Å². The van der Waals surface area contributed by atoms with Gasteiger partial charge in [0.2, 0.25) is 20.0 Å². The number of amides is 1. The summed E-state index contributed by atoms with van der Waals surface area (Å²) in [5.41, 5.74) is 0.541. The second-order valence-electron chi connectivity index (χ2n) is 18.8. The molecule has 16 nitrogen and oxygen atoms in total. The van der Waals surface area contributed by atoms with Crippen LogP contribution in [0.3, 0.4) is 0 Å². The fourth-order valence-corrected chi connectivity index (χ4v) is 12.1. The van der Waals surface area contributed by atoms with Crippen molar-refractivity contribution in [3.8, 4) is 11.5 Å². The maximum absolute atomic E-state index is 15.8. The van der Waals surface area contributed by atoms with Crippen molar-refractivity contribution in [1.29, 1.82) is 0 Å². The smallest absolute Gasteiger partial charge is 0.407 e. The van der Waals surface area contributed by atoms with E-state index in [1.165, 1.54) is 30.7 Å². The molecule has 2 aliphatic rings. The summed E-state index contributed by atoms with van der Waals surface area (Å²) < 4.78 is 104. The van der Waals surface area contributed by atoms with E-state index in [4.69, 9.17) is 18.6 Å². The van der Waals surface area contributed by atoms with E-state index in [0.29, 0.717) is 42.0 Å². The Balaban J connectivity index is 1.70. The average Bonchev–Trinajstić information content (AvgIpc) is 3.78. The summed E-state index contributed by atoms with van der Waals surface area (Å²) in [6.45, 7) is 16.6. The summed E-state index contributed by atoms with van der Waals surface area (Å²) in [6.07, 6.45) is -1.72. The average molecular weight is 960 g/mol. The molecule has 0 aromatic heterocycles. The first-order valence-corrected chi connectivity index (χ1v) is 27.6. The van der Waals surface area contributed by atoms with E-state index < -0.39 is 62.1 Å². The minimum absolute atomic E-state index is 0.0572. The lowest BCUT2D eigenvalue weighted by Gasteiger charge is -2.39. The lowest BCUT2D eigenvalue weighted by molar-refractivity contribution is 0.0498. The van der Waals surface area contributed by atoms with Crippen molar-refractivity contribution in [2.24, 2.45) is 21.1 Å². The van der Waals surface area contributed by atoms with Gasteiger partial charge in [-0.05, 0) is 98.8 Å². The van der Waals surface area contributed by atoms with Crippen LogP contribution < -0.4 is 24.4 Å². The first kappa shape index (κ1) is 51.5. The van der Waals surface area contributed by atoms with E-state index in [1.54, 1.807) is 74.2 Å². The molecule has 65 heavy (non-hydrogen) atoms. The Labute approximate surface area is 385 Å². The molecule has 3 aromatic rings. The topological polar surface area (TPSA) is 190 Å². The summed E-state index contributed by atoms with van der Waals surface area (Å²) in [5, 5.41) is 10.7. The maximum Gasteiger partial charge on any atom is 0.407 e. The lowest BCUT2D eigenvalue weighted by Crippen LogP contribution is -2.51. The fraction of sp³-hybridized carbons (Fsp3) is 0.556. The van der Waals surface area contributed by atoms with Gasteiger partial charge in [0.25, 0.3) is 0 Å². The molecule has 1 fully saturated rings. The van der Waals surface area contributed by atoms with Gasteiger partial charge in [0.1, 0.15) is 33.1 Å². The molecule has 0 radical (unpaired) electrons. The van der Waals surface area contributed by atoms with Gasteiger partial charge in [0.05, 0.1) is 25.9 Å². The van der Waals surface area contributed by atoms with Crippen LogP contribution in [0.2, 0.25) is 18.1 Å². The number of alkyl halides is 1. The molecule has 0 aliphatic carbocycles. The van der Waals surface area contributed by atoms with Gasteiger partial charge in [0.15, 0.2) is 20.8 Å². The molecule has 2 heterocycles. The molecular formula is C45H66FN7O9S2Si. The highest BCUT2D eigenvalue weighted by Crippen LogP contribution is 2.40. The van der Waals surface area contributed by atoms with E-state index in [0.717, 1.165) is 0 Å². The number of halogens is 1. The van der Waals surface area contributed by atoms with Crippen LogP contribution in [0.25, 0.3) is 0 Å². The Bertz CT molecular complexity index is 2360. The Morgan fingerprint density at radius 3 is 1.97 bits per heavy atom. The molecule has 0 unspecified atom stereocenters. The molecule has 5 rings (SSSR count). The number of alkyl carbamates (subject to hydrolysis) is 1. The van der Waals surface area contributed by atoms with Gasteiger partial charge in [-0.1, -0.05) is 58.4 Å². The number of methoxy groups -OCH3 is 2. The number of carbonyl (C=O) groups excluding carboxylic acids is 1. The number of sulfonamides is 2. The monoisotopic (exact) mass is 959 g/mol. The van der Waals surface area contributed by atoms with Crippen LogP contribution in [0.4, 0.5) is 14.9 Å². The molecule has 0 saturated carbocycles. The number of amidine groups is 1. The zero-order valence-electron chi connectivity index (χ0n) is 39.5. The third-order valence-corrected chi connectivity index (χ3v) is 19.9. The zero-order chi connectivity index (χ0) is 48.0. The van der Waals surface area contributed by atoms with Crippen LogP contribution in [-0.2, 0) is 42.3 Å². The molecule has 0 spiro atoms. The Morgan fingerprint density at radius 2 is 1.49 bits per heavy atom. The fourth-order valence-electron chi connectivity index (χ4n) is 7.26. The number of ether oxygens (including phenoxy) is 3. The molecule has 358 valence electrons. The molecule has 3 aromatic carbocycles. The number of nitrogens with one attached hydrogen (secondary N) is 2. The van der Waals surface area contributed by atoms with Crippen molar-refractivity contribution in [3.05, 3.63) is 77.4 Å². The highest BCUT2D eigenvalue weighted by Gasteiger charge is 2.42. The quantitative estimate of drug-likeness (QED) is 0.111. The van der Waals surface area contributed by atoms with Gasteiger partial charge < -0.3 is 28.9 Å². The Hall–Kier alpha value is -4.47. The minimum Gasteiger partial charge on any atom is -0.497 e. The van der Waals surface area contributed by atoms with Crippen LogP contribution in [0, 0.1) is 5.92 Å². The number of rotatable bonds is 19. The van der Waals surface area contributed by atoms with E-state index in [9.17, 15) is 4.79 Å². The summed E-state index contributed by atoms with van der Waals surface area (Å²) >= 11 is 0. The van der Waals surface area contributed by atoms with Crippen molar-refractivity contribution in [1.82, 2.24) is 14.3 Å². The second-order valence-corrected chi connectivity index (χ2v) is 27.1. The largest absolute Gasteiger partial charge is 0.497 e. The van der Waals surface area contributed by atoms with Gasteiger partial charge in [-0.3, -0.25) is 0 Å². The lowest BCUT2D eigenvalue weighted by atomic mass is 9.92. The van der Waals surface area contributed by atoms with Gasteiger partial charge in [0, 0.05) is 45.0 Å². The van der Waals surface area contributed by atoms with Crippen LogP contribution in [0.1, 0.15) is 78.0 Å². The van der Waals surface area contributed by atoms with Crippen LogP contribution in [0.5, 0.6) is 11.5 Å². The summed E-state index contributed by atoms with van der Waals surface area (Å²) in [4.78, 5) is 17.8. The maximum atomic E-state index is 15.8. The van der Waals surface area contributed by atoms with Crippen LogP contribution in [-0.4, -0.2) is 106 Å². The Kier molecular flexibility index (Phi) is 16.6. The predicted octanol–water partition coefficient (Wildman–Crippen LogP) is 8.03. The molecular weight excluding hydrogens is 894 g/mol. The van der Waals surface area contributed by atoms with E-state index in [2.05, 4.69) is 25.3 Å². The SMILES string of the molecule is CC[C@H]1CCN(c2ccc(S(=O)(=O)NC[C@@H](CNC(=O)OC(C)(C)C)O[Si](C)(C)C(C)(C)C)c(S(=O)(=O)N(Cc3ccc(OC)cc3)Cc3ccc(OC)cc3)c2C2=NCN=N2)C[C@@H]1F. The number of piperidine rings is 1. The number of aliphatic imine (C=N–C) groups is 1. The summed E-state index contributed by atoms with van der Waals surface area (Å²) in [7, 11) is -9.18. The summed E-state index contributed by atoms with van der Waals surface area (Å²) in [6, 6.07) is 16.5. The Morgan fingerprint density at radius 1 is 0.908 bits per heavy atom. The summed E-state index contributed by atoms with van der Waals surface area (Å²) in [5.74, 6) is 0.833. The first-order valence-electron chi connectivity index (χ1n) is 21.8. The van der Waals surface area contributed by atoms with E-state index in [-0.39, 0.29) is 67.4 Å². The third-order valence-electron chi connectivity index (χ3n) is 11.9. The predicted molar refractivity (Wildman–Crippen MR) is 252 cm³/mol. The highest BCUT2D eigenvalue weighted by molar-refractivity contribution is 7.92. The highest BCUT2D eigenvalue weighted by atomic mass is 32.2. The molecule has 1 saturated heterocycles. The van der Waals surface area contributed by atoms with Crippen molar-refractivity contribution in [2.75, 3.05) is 52.0 Å². The number of hydrogen-bond donors (Lipinski definition) is 2. The molecule has 2 N–H and O–H groups in total. The second kappa shape index (κ2) is 21.0.